The molecule has 142 valence electrons. The highest BCUT2D eigenvalue weighted by Gasteiger charge is 2.36. The van der Waals surface area contributed by atoms with Crippen LogP contribution in [0.5, 0.6) is 5.75 Å². The quantitative estimate of drug-likeness (QED) is 0.679. The monoisotopic (exact) mass is 359 g/mol. The Morgan fingerprint density at radius 2 is 2.08 bits per heavy atom. The summed E-state index contributed by atoms with van der Waals surface area (Å²) in [7, 11) is 0. The van der Waals surface area contributed by atoms with E-state index in [2.05, 4.69) is 21.6 Å². The van der Waals surface area contributed by atoms with E-state index in [0.29, 0.717) is 31.6 Å². The molecule has 0 saturated carbocycles. The van der Waals surface area contributed by atoms with Crippen molar-refractivity contribution in [3.8, 4) is 5.75 Å². The van der Waals surface area contributed by atoms with Gasteiger partial charge in [0.15, 0.2) is 0 Å². The number of phenolic OH excluding ortho intramolecular Hbond substituents is 1. The van der Waals surface area contributed by atoms with Crippen molar-refractivity contribution in [2.24, 2.45) is 0 Å². The second kappa shape index (κ2) is 8.85. The molecule has 0 radical (unpaired) electrons. The van der Waals surface area contributed by atoms with Crippen LogP contribution in [-0.2, 0) is 4.79 Å². The molecule has 1 fully saturated rings. The highest BCUT2D eigenvalue weighted by Crippen LogP contribution is 2.21. The number of carbonyl (C=O) groups excluding carboxylic acids is 2. The van der Waals surface area contributed by atoms with Crippen molar-refractivity contribution in [1.82, 2.24) is 15.5 Å². The summed E-state index contributed by atoms with van der Waals surface area (Å²) >= 11 is 0. The van der Waals surface area contributed by atoms with Gasteiger partial charge >= 0.3 is 0 Å². The van der Waals surface area contributed by atoms with Gasteiger partial charge in [-0.05, 0) is 51.8 Å². The fraction of sp³-hybridized carbons (Fsp3) is 0.500. The normalized spacial score (nSPS) is 19.8. The summed E-state index contributed by atoms with van der Waals surface area (Å²) in [6, 6.07) is 4.53. The number of aryl methyl sites for hydroxylation is 1. The van der Waals surface area contributed by atoms with E-state index in [4.69, 9.17) is 0 Å². The van der Waals surface area contributed by atoms with Gasteiger partial charge in [0, 0.05) is 31.2 Å². The molecule has 26 heavy (non-hydrogen) atoms. The van der Waals surface area contributed by atoms with Crippen LogP contribution in [0.25, 0.3) is 0 Å². The predicted molar refractivity (Wildman–Crippen MR) is 102 cm³/mol. The van der Waals surface area contributed by atoms with Crippen molar-refractivity contribution in [3.05, 3.63) is 41.0 Å². The topological polar surface area (TPSA) is 81.7 Å². The molecule has 2 atom stereocenters. The summed E-state index contributed by atoms with van der Waals surface area (Å²) in [4.78, 5) is 26.9. The molecule has 3 N–H and O–H groups in total. The maximum atomic E-state index is 12.5. The lowest BCUT2D eigenvalue weighted by atomic mass is 10.1. The van der Waals surface area contributed by atoms with E-state index >= 15 is 0 Å². The van der Waals surface area contributed by atoms with E-state index in [0.717, 1.165) is 5.56 Å². The second-order valence-electron chi connectivity index (χ2n) is 7.05. The molecule has 0 unspecified atom stereocenters. The van der Waals surface area contributed by atoms with Crippen LogP contribution < -0.4 is 10.6 Å². The third kappa shape index (κ3) is 5.08. The summed E-state index contributed by atoms with van der Waals surface area (Å²) in [6.07, 6.45) is 2.67. The second-order valence-corrected chi connectivity index (χ2v) is 7.05. The Morgan fingerprint density at radius 1 is 1.35 bits per heavy atom. The van der Waals surface area contributed by atoms with E-state index in [-0.39, 0.29) is 29.6 Å². The number of allylic oxidation sites excluding steroid dienone is 1. The summed E-state index contributed by atoms with van der Waals surface area (Å²) in [5.41, 5.74) is 2.35. The number of likely N-dealkylation sites (tertiary alicyclic amines) is 1. The van der Waals surface area contributed by atoms with Crippen molar-refractivity contribution >= 4 is 11.8 Å². The molecule has 1 saturated heterocycles. The van der Waals surface area contributed by atoms with Gasteiger partial charge in [-0.2, -0.15) is 0 Å². The maximum Gasteiger partial charge on any atom is 0.251 e. The van der Waals surface area contributed by atoms with Gasteiger partial charge in [0.1, 0.15) is 5.75 Å². The molecule has 6 nitrogen and oxygen atoms in total. The van der Waals surface area contributed by atoms with Gasteiger partial charge in [-0.15, -0.1) is 0 Å². The van der Waals surface area contributed by atoms with Crippen molar-refractivity contribution < 1.29 is 14.7 Å². The summed E-state index contributed by atoms with van der Waals surface area (Å²) < 4.78 is 0. The maximum absolute atomic E-state index is 12.5. The number of nitrogens with zero attached hydrogens (tertiary/aromatic N) is 1. The zero-order valence-electron chi connectivity index (χ0n) is 16.0. The van der Waals surface area contributed by atoms with Gasteiger partial charge in [0.05, 0.1) is 6.04 Å². The number of aromatic hydroxyl groups is 1. The number of hydrogen-bond donors (Lipinski definition) is 3. The first kappa shape index (κ1) is 20.0. The van der Waals surface area contributed by atoms with Crippen LogP contribution in [0.15, 0.2) is 29.8 Å². The number of phenols is 1. The standard InChI is InChI=1S/C20H29N3O3/c1-5-21-20(26)17-11-16(12-23(17)9-8-13(2)3)22-19(25)15-7-6-14(4)18(24)10-15/h6-8,10,16-17,24H,5,9,11-12H2,1-4H3,(H,21,26)(H,22,25)/t16-,17+/m1/s1. The van der Waals surface area contributed by atoms with E-state index in [9.17, 15) is 14.7 Å². The zero-order chi connectivity index (χ0) is 19.3. The molecule has 1 heterocycles. The predicted octanol–water partition coefficient (Wildman–Crippen LogP) is 1.98. The van der Waals surface area contributed by atoms with E-state index in [1.54, 1.807) is 19.1 Å². The highest BCUT2D eigenvalue weighted by molar-refractivity contribution is 5.95. The first-order valence-corrected chi connectivity index (χ1v) is 9.07. The molecule has 0 bridgehead atoms. The van der Waals surface area contributed by atoms with E-state index in [1.165, 1.54) is 11.6 Å². The summed E-state index contributed by atoms with van der Waals surface area (Å²) in [5, 5.41) is 15.7. The molecular formula is C20H29N3O3. The fourth-order valence-corrected chi connectivity index (χ4v) is 3.09. The summed E-state index contributed by atoms with van der Waals surface area (Å²) in [6.45, 7) is 9.63. The van der Waals surface area contributed by atoms with Crippen molar-refractivity contribution in [2.45, 2.75) is 46.2 Å². The molecule has 0 spiro atoms. The number of nitrogens with one attached hydrogen (secondary N) is 2. The SMILES string of the molecule is CCNC(=O)[C@@H]1C[C@@H](NC(=O)c2ccc(C)c(O)c2)CN1CC=C(C)C. The molecule has 1 aliphatic heterocycles. The van der Waals surface area contributed by atoms with Crippen LogP contribution in [0.3, 0.4) is 0 Å². The average molecular weight is 359 g/mol. The zero-order valence-corrected chi connectivity index (χ0v) is 16.0. The number of benzene rings is 1. The minimum atomic E-state index is -0.248. The average Bonchev–Trinajstić information content (AvgIpc) is 2.98. The summed E-state index contributed by atoms with van der Waals surface area (Å²) in [5.74, 6) is -0.127. The van der Waals surface area contributed by atoms with Crippen molar-refractivity contribution in [1.29, 1.82) is 0 Å². The first-order chi connectivity index (χ1) is 12.3. The van der Waals surface area contributed by atoms with Crippen LogP contribution in [0.1, 0.15) is 43.1 Å². The third-order valence-electron chi connectivity index (χ3n) is 4.60. The molecule has 1 aliphatic rings. The Morgan fingerprint density at radius 3 is 2.69 bits per heavy atom. The van der Waals surface area contributed by atoms with Crippen LogP contribution in [-0.4, -0.2) is 53.5 Å². The fourth-order valence-electron chi connectivity index (χ4n) is 3.09. The molecule has 2 rings (SSSR count). The van der Waals surface area contributed by atoms with E-state index < -0.39 is 0 Å². The largest absolute Gasteiger partial charge is 0.508 e. The molecule has 6 heteroatoms. The number of carbonyl (C=O) groups is 2. The van der Waals surface area contributed by atoms with Gasteiger partial charge in [-0.3, -0.25) is 14.5 Å². The molecule has 0 aromatic heterocycles. The number of hydrogen-bond acceptors (Lipinski definition) is 4. The van der Waals surface area contributed by atoms with Gasteiger partial charge < -0.3 is 15.7 Å². The van der Waals surface area contributed by atoms with E-state index in [1.807, 2.05) is 20.8 Å². The van der Waals surface area contributed by atoms with Gasteiger partial charge in [0.2, 0.25) is 5.91 Å². The third-order valence-corrected chi connectivity index (χ3v) is 4.60. The Labute approximate surface area is 155 Å². The highest BCUT2D eigenvalue weighted by atomic mass is 16.3. The Balaban J connectivity index is 2.07. The molecular weight excluding hydrogens is 330 g/mol. The number of likely N-dealkylation sites (N-methyl/N-ethyl adjacent to an activating group) is 1. The van der Waals surface area contributed by atoms with Crippen molar-refractivity contribution in [2.75, 3.05) is 19.6 Å². The Kier molecular flexibility index (Phi) is 6.80. The molecule has 2 amide bonds. The van der Waals surface area contributed by atoms with Gasteiger partial charge in [-0.25, -0.2) is 0 Å². The molecule has 1 aromatic rings. The van der Waals surface area contributed by atoms with Crippen LogP contribution in [0, 0.1) is 6.92 Å². The minimum absolute atomic E-state index is 0.000569. The lowest BCUT2D eigenvalue weighted by Crippen LogP contribution is -2.43. The minimum Gasteiger partial charge on any atom is -0.508 e. The van der Waals surface area contributed by atoms with Crippen LogP contribution in [0.2, 0.25) is 0 Å². The van der Waals surface area contributed by atoms with Crippen LogP contribution in [0.4, 0.5) is 0 Å². The van der Waals surface area contributed by atoms with Crippen LogP contribution >= 0.6 is 0 Å². The Hall–Kier alpha value is -2.34. The van der Waals surface area contributed by atoms with Crippen molar-refractivity contribution in [3.63, 3.8) is 0 Å². The van der Waals surface area contributed by atoms with Gasteiger partial charge in [0.25, 0.3) is 5.91 Å². The lowest BCUT2D eigenvalue weighted by molar-refractivity contribution is -0.125. The number of amides is 2. The lowest BCUT2D eigenvalue weighted by Gasteiger charge is -2.21. The Bertz CT molecular complexity index is 696. The van der Waals surface area contributed by atoms with Gasteiger partial charge in [-0.1, -0.05) is 17.7 Å². The molecule has 0 aliphatic carbocycles. The molecule has 1 aromatic carbocycles. The first-order valence-electron chi connectivity index (χ1n) is 9.07. The number of rotatable bonds is 6. The smallest absolute Gasteiger partial charge is 0.251 e.